The van der Waals surface area contributed by atoms with Crippen molar-refractivity contribution in [1.82, 2.24) is 4.81 Å². The summed E-state index contributed by atoms with van der Waals surface area (Å²) in [6.45, 7) is 28.9. The van der Waals surface area contributed by atoms with E-state index in [9.17, 15) is 0 Å². The van der Waals surface area contributed by atoms with Crippen LogP contribution in [0.4, 0.5) is 0 Å². The van der Waals surface area contributed by atoms with Gasteiger partial charge in [0.15, 0.2) is 0 Å². The van der Waals surface area contributed by atoms with Crippen molar-refractivity contribution in [2.45, 2.75) is 91.6 Å². The standard InChI is InChI=1S/C21H30BNP.2C4H9.Al/c1-14-10-16(3)20(17(4)11-14)24(9,22-23(7)8)21-18(5)12-15(2)13-19(21)6;2*1-4(2)3;/h10-13H,9H2,1-8H3;2*1-3H3;/q+1;;;. The molecular formula is C29H48AlBNP+. The molecule has 0 bridgehead atoms. The van der Waals surface area contributed by atoms with Gasteiger partial charge in [-0.3, -0.25) is 0 Å². The number of hydrogen-bond acceptors (Lipinski definition) is 1. The normalized spacial score (nSPS) is 12.9. The second-order valence-corrected chi connectivity index (χ2v) is 21.8. The van der Waals surface area contributed by atoms with Gasteiger partial charge < -0.3 is 4.81 Å². The van der Waals surface area contributed by atoms with Gasteiger partial charge in [-0.1, -0.05) is 85.5 Å². The van der Waals surface area contributed by atoms with Crippen molar-refractivity contribution < 1.29 is 0 Å². The quantitative estimate of drug-likeness (QED) is 0.312. The zero-order chi connectivity index (χ0) is 25.5. The van der Waals surface area contributed by atoms with E-state index in [4.69, 9.17) is 0 Å². The first-order valence-electron chi connectivity index (χ1n) is 12.5. The Morgan fingerprint density at radius 3 is 1.21 bits per heavy atom. The van der Waals surface area contributed by atoms with Crippen LogP contribution in [-0.2, 0) is 0 Å². The molecule has 2 aromatic rings. The second-order valence-electron chi connectivity index (χ2n) is 12.9. The minimum absolute atomic E-state index is 0.350. The van der Waals surface area contributed by atoms with Crippen LogP contribution in [0.3, 0.4) is 0 Å². The molecule has 0 saturated heterocycles. The summed E-state index contributed by atoms with van der Waals surface area (Å²) in [5, 5.41) is 4.58. The van der Waals surface area contributed by atoms with Crippen LogP contribution in [0.15, 0.2) is 24.3 Å². The molecule has 0 aliphatic heterocycles. The Kier molecular flexibility index (Phi) is 8.85. The molecule has 2 rings (SSSR count). The molecule has 0 aromatic heterocycles. The summed E-state index contributed by atoms with van der Waals surface area (Å²) < 4.78 is 0.700. The zero-order valence-corrected chi connectivity index (χ0v) is 26.1. The molecule has 0 unspecified atom stereocenters. The third-order valence-electron chi connectivity index (χ3n) is 7.06. The van der Waals surface area contributed by atoms with Gasteiger partial charge in [0.25, 0.3) is 0 Å². The third-order valence-corrected chi connectivity index (χ3v) is 18.9. The largest absolute Gasteiger partial charge is 0.470 e. The molecule has 0 N–H and O–H groups in total. The summed E-state index contributed by atoms with van der Waals surface area (Å²) in [5.41, 5.74) is 8.61. The van der Waals surface area contributed by atoms with E-state index in [1.165, 1.54) is 38.4 Å². The highest BCUT2D eigenvalue weighted by atomic mass is 31.2. The van der Waals surface area contributed by atoms with Crippen LogP contribution >= 0.6 is 7.14 Å². The highest BCUT2D eigenvalue weighted by Gasteiger charge is 2.56. The molecule has 0 heterocycles. The predicted molar refractivity (Wildman–Crippen MR) is 157 cm³/mol. The highest BCUT2D eigenvalue weighted by Crippen LogP contribution is 2.62. The van der Waals surface area contributed by atoms with E-state index >= 15 is 0 Å². The monoisotopic (exact) mass is 479 g/mol. The van der Waals surface area contributed by atoms with Gasteiger partial charge in [-0.25, -0.2) is 0 Å². The fourth-order valence-corrected chi connectivity index (χ4v) is 21.7. The summed E-state index contributed by atoms with van der Waals surface area (Å²) in [4.78, 5) is 2.36. The lowest BCUT2D eigenvalue weighted by Gasteiger charge is -2.42. The van der Waals surface area contributed by atoms with E-state index in [2.05, 4.69) is 133 Å². The van der Waals surface area contributed by atoms with Crippen molar-refractivity contribution in [3.63, 3.8) is 0 Å². The van der Waals surface area contributed by atoms with Crippen LogP contribution in [0, 0.1) is 41.5 Å². The van der Waals surface area contributed by atoms with Crippen LogP contribution < -0.4 is 10.6 Å². The lowest BCUT2D eigenvalue weighted by molar-refractivity contribution is 0.645. The smallest absolute Gasteiger partial charge is 0.312 e. The number of benzene rings is 2. The van der Waals surface area contributed by atoms with Gasteiger partial charge in [-0.05, 0) is 77.9 Å². The summed E-state index contributed by atoms with van der Waals surface area (Å²) in [7, 11) is 5.30. The van der Waals surface area contributed by atoms with Gasteiger partial charge in [0.1, 0.15) is 0 Å². The maximum atomic E-state index is 2.67. The fourth-order valence-electron chi connectivity index (χ4n) is 6.59. The van der Waals surface area contributed by atoms with Crippen molar-refractivity contribution in [3.05, 3.63) is 57.6 Å². The van der Waals surface area contributed by atoms with Crippen molar-refractivity contribution >= 4 is 39.0 Å². The van der Waals surface area contributed by atoms with E-state index in [0.717, 1.165) is 0 Å². The van der Waals surface area contributed by atoms with Crippen LogP contribution in [-0.4, -0.2) is 45.2 Å². The Morgan fingerprint density at radius 1 is 0.667 bits per heavy atom. The van der Waals surface area contributed by atoms with E-state index < -0.39 is 21.3 Å². The molecular weight excluding hydrogens is 431 g/mol. The van der Waals surface area contributed by atoms with Crippen molar-refractivity contribution in [2.75, 3.05) is 19.1 Å². The molecule has 0 atom stereocenters. The summed E-state index contributed by atoms with van der Waals surface area (Å²) in [6, 6.07) is 9.68. The summed E-state index contributed by atoms with van der Waals surface area (Å²) in [6.07, 6.45) is 0. The molecule has 0 amide bonds. The lowest BCUT2D eigenvalue weighted by Crippen LogP contribution is -2.48. The van der Waals surface area contributed by atoms with Crippen LogP contribution in [0.25, 0.3) is 0 Å². The average molecular weight is 479 g/mol. The fraction of sp³-hybridized carbons (Fsp3) is 0.586. The van der Waals surface area contributed by atoms with Gasteiger partial charge >= 0.3 is 21.3 Å². The SMILES string of the molecule is Cc1cc(C)c([P+]([B]N(C)C)([CH2][Al]([C](C)(C)C)[C](C)(C)C)c2c(C)cc(C)cc2C)c(C)c1. The van der Waals surface area contributed by atoms with Gasteiger partial charge in [-0.2, -0.15) is 0 Å². The topological polar surface area (TPSA) is 3.24 Å². The number of rotatable bonds is 6. The van der Waals surface area contributed by atoms with Crippen LogP contribution in [0.5, 0.6) is 0 Å². The molecule has 0 saturated carbocycles. The van der Waals surface area contributed by atoms with Crippen molar-refractivity contribution in [3.8, 4) is 0 Å². The Morgan fingerprint density at radius 2 is 0.970 bits per heavy atom. The van der Waals surface area contributed by atoms with Gasteiger partial charge in [-0.15, -0.1) is 0 Å². The molecule has 0 spiro atoms. The maximum absolute atomic E-state index is 2.67. The van der Waals surface area contributed by atoms with Crippen LogP contribution in [0.1, 0.15) is 74.9 Å². The molecule has 33 heavy (non-hydrogen) atoms. The van der Waals surface area contributed by atoms with Crippen molar-refractivity contribution in [2.24, 2.45) is 0 Å². The van der Waals surface area contributed by atoms with E-state index in [-0.39, 0.29) is 0 Å². The maximum Gasteiger partial charge on any atom is 0.470 e. The van der Waals surface area contributed by atoms with Crippen LogP contribution in [0.2, 0.25) is 8.55 Å². The average Bonchev–Trinajstić information content (AvgIpc) is 2.55. The first kappa shape index (κ1) is 28.7. The minimum atomic E-state index is -1.83. The van der Waals surface area contributed by atoms with E-state index in [0.29, 0.717) is 8.55 Å². The van der Waals surface area contributed by atoms with Gasteiger partial charge in [0.05, 0.1) is 10.6 Å². The zero-order valence-electron chi connectivity index (χ0n) is 24.1. The molecule has 1 nitrogen and oxygen atoms in total. The summed E-state index contributed by atoms with van der Waals surface area (Å²) in [5.74, 6) is 0. The molecule has 0 aliphatic rings. The highest BCUT2D eigenvalue weighted by molar-refractivity contribution is 8.12. The van der Waals surface area contributed by atoms with E-state index in [1.807, 2.05) is 0 Å². The molecule has 0 fully saturated rings. The number of hydrogen-bond donors (Lipinski definition) is 0. The van der Waals surface area contributed by atoms with E-state index in [1.54, 1.807) is 10.6 Å². The molecule has 179 valence electrons. The van der Waals surface area contributed by atoms with Crippen molar-refractivity contribution in [1.29, 1.82) is 0 Å². The third kappa shape index (κ3) is 6.36. The molecule has 2 aromatic carbocycles. The molecule has 0 aliphatic carbocycles. The Bertz CT molecular complexity index is 880. The lowest BCUT2D eigenvalue weighted by atomic mass is 10.1. The first-order chi connectivity index (χ1) is 14.9. The predicted octanol–water partition coefficient (Wildman–Crippen LogP) is 7.24. The Hall–Kier alpha value is -0.573. The number of aryl methyl sites for hydroxylation is 6. The summed E-state index contributed by atoms with van der Waals surface area (Å²) >= 11 is -1.25. The number of nitrogens with zero attached hydrogens (tertiary/aromatic N) is 1. The minimum Gasteiger partial charge on any atom is -0.312 e. The first-order valence-corrected chi connectivity index (χ1v) is 16.5. The Labute approximate surface area is 211 Å². The second kappa shape index (κ2) is 10.2. The molecule has 4 heteroatoms. The van der Waals surface area contributed by atoms with Gasteiger partial charge in [0.2, 0.25) is 0 Å². The molecule has 1 radical (unpaired) electrons. The Balaban J connectivity index is 3.08. The van der Waals surface area contributed by atoms with Gasteiger partial charge in [0, 0.05) is 12.2 Å².